The van der Waals surface area contributed by atoms with Crippen molar-refractivity contribution in [3.8, 4) is 5.88 Å². The van der Waals surface area contributed by atoms with Crippen molar-refractivity contribution in [2.24, 2.45) is 5.92 Å². The summed E-state index contributed by atoms with van der Waals surface area (Å²) in [5.41, 5.74) is -0.0315. The first-order valence-electron chi connectivity index (χ1n) is 6.44. The van der Waals surface area contributed by atoms with Crippen LogP contribution in [0, 0.1) is 5.92 Å². The highest BCUT2D eigenvalue weighted by atomic mass is 19.3. The van der Waals surface area contributed by atoms with E-state index < -0.39 is 25.0 Å². The van der Waals surface area contributed by atoms with Crippen molar-refractivity contribution >= 4 is 11.7 Å². The summed E-state index contributed by atoms with van der Waals surface area (Å²) in [7, 11) is 0. The molecule has 0 amide bonds. The Morgan fingerprint density at radius 3 is 2.70 bits per heavy atom. The van der Waals surface area contributed by atoms with Gasteiger partial charge in [-0.3, -0.25) is 0 Å². The number of pyridine rings is 1. The van der Waals surface area contributed by atoms with Crippen molar-refractivity contribution < 1.29 is 23.4 Å². The van der Waals surface area contributed by atoms with Gasteiger partial charge in [-0.25, -0.2) is 18.6 Å². The number of anilines is 1. The molecule has 1 aliphatic heterocycles. The minimum absolute atomic E-state index is 0.210. The summed E-state index contributed by atoms with van der Waals surface area (Å²) in [5, 5.41) is 9.15. The molecule has 1 saturated carbocycles. The zero-order valence-corrected chi connectivity index (χ0v) is 10.7. The van der Waals surface area contributed by atoms with E-state index in [1.54, 1.807) is 0 Å². The highest BCUT2D eigenvalue weighted by Gasteiger charge is 2.45. The van der Waals surface area contributed by atoms with Gasteiger partial charge in [0.2, 0.25) is 5.88 Å². The molecule has 2 heterocycles. The van der Waals surface area contributed by atoms with Gasteiger partial charge in [-0.15, -0.1) is 0 Å². The number of carboxylic acid groups (broad SMARTS) is 1. The molecular weight excluding hydrogens is 270 g/mol. The van der Waals surface area contributed by atoms with Crippen LogP contribution < -0.4 is 9.64 Å². The average molecular weight is 284 g/mol. The molecule has 1 N–H and O–H groups in total. The zero-order chi connectivity index (χ0) is 14.3. The van der Waals surface area contributed by atoms with Gasteiger partial charge in [0.15, 0.2) is 5.69 Å². The van der Waals surface area contributed by atoms with Gasteiger partial charge in [-0.2, -0.15) is 0 Å². The van der Waals surface area contributed by atoms with Crippen LogP contribution in [0.4, 0.5) is 14.5 Å². The van der Waals surface area contributed by atoms with E-state index in [1.165, 1.54) is 17.0 Å². The lowest BCUT2D eigenvalue weighted by molar-refractivity contribution is -0.0264. The largest absolute Gasteiger partial charge is 0.477 e. The first-order valence-corrected chi connectivity index (χ1v) is 6.44. The monoisotopic (exact) mass is 284 g/mol. The molecule has 7 heteroatoms. The van der Waals surface area contributed by atoms with Gasteiger partial charge in [-0.05, 0) is 24.8 Å². The molecule has 1 aromatic heterocycles. The van der Waals surface area contributed by atoms with Crippen LogP contribution in [0.1, 0.15) is 23.3 Å². The van der Waals surface area contributed by atoms with E-state index in [1.807, 2.05) is 0 Å². The third-order valence-electron chi connectivity index (χ3n) is 3.40. The number of hydrogen-bond acceptors (Lipinski definition) is 4. The van der Waals surface area contributed by atoms with Crippen molar-refractivity contribution in [2.45, 2.75) is 18.8 Å². The highest BCUT2D eigenvalue weighted by molar-refractivity contribution is 5.92. The van der Waals surface area contributed by atoms with E-state index in [2.05, 4.69) is 4.98 Å². The molecule has 108 valence electrons. The van der Waals surface area contributed by atoms with Crippen molar-refractivity contribution in [3.63, 3.8) is 0 Å². The van der Waals surface area contributed by atoms with E-state index in [4.69, 9.17) is 9.84 Å². The SMILES string of the molecule is O=C(O)c1nc(OCC2CC2)ccc1N1CC(F)(F)C1. The number of ether oxygens (including phenoxy) is 1. The molecule has 1 saturated heterocycles. The topological polar surface area (TPSA) is 62.7 Å². The Morgan fingerprint density at radius 2 is 2.15 bits per heavy atom. The van der Waals surface area contributed by atoms with Crippen molar-refractivity contribution in [1.82, 2.24) is 4.98 Å². The minimum Gasteiger partial charge on any atom is -0.477 e. The third kappa shape index (κ3) is 2.66. The Kier molecular flexibility index (Phi) is 2.99. The predicted molar refractivity (Wildman–Crippen MR) is 66.6 cm³/mol. The second-order valence-corrected chi connectivity index (χ2v) is 5.29. The maximum absolute atomic E-state index is 12.9. The summed E-state index contributed by atoms with van der Waals surface area (Å²) >= 11 is 0. The lowest BCUT2D eigenvalue weighted by atomic mass is 10.1. The van der Waals surface area contributed by atoms with Crippen molar-refractivity contribution in [2.75, 3.05) is 24.6 Å². The van der Waals surface area contributed by atoms with E-state index in [-0.39, 0.29) is 17.3 Å². The summed E-state index contributed by atoms with van der Waals surface area (Å²) in [4.78, 5) is 16.4. The van der Waals surface area contributed by atoms with E-state index >= 15 is 0 Å². The molecule has 0 bridgehead atoms. The molecule has 0 unspecified atom stereocenters. The number of carboxylic acids is 1. The van der Waals surface area contributed by atoms with Crippen LogP contribution in [0.5, 0.6) is 5.88 Å². The Hall–Kier alpha value is -1.92. The Balaban J connectivity index is 1.77. The van der Waals surface area contributed by atoms with E-state index in [0.717, 1.165) is 12.8 Å². The van der Waals surface area contributed by atoms with Gasteiger partial charge < -0.3 is 14.7 Å². The van der Waals surface area contributed by atoms with E-state index in [9.17, 15) is 13.6 Å². The van der Waals surface area contributed by atoms with Crippen LogP contribution in [0.25, 0.3) is 0 Å². The molecule has 2 aliphatic rings. The van der Waals surface area contributed by atoms with Gasteiger partial charge >= 0.3 is 5.97 Å². The first-order chi connectivity index (χ1) is 9.44. The van der Waals surface area contributed by atoms with Crippen LogP contribution >= 0.6 is 0 Å². The minimum atomic E-state index is -2.75. The van der Waals surface area contributed by atoms with Crippen LogP contribution in [-0.2, 0) is 0 Å². The van der Waals surface area contributed by atoms with Crippen LogP contribution in [0.3, 0.4) is 0 Å². The van der Waals surface area contributed by atoms with Crippen LogP contribution in [-0.4, -0.2) is 41.7 Å². The number of alkyl halides is 2. The molecule has 3 rings (SSSR count). The second-order valence-electron chi connectivity index (χ2n) is 5.29. The molecule has 1 aliphatic carbocycles. The normalized spacial score (nSPS) is 20.4. The summed E-state index contributed by atoms with van der Waals surface area (Å²) in [6, 6.07) is 3.01. The standard InChI is InChI=1S/C13H14F2N2O3/c14-13(15)6-17(7-13)9-3-4-10(16-11(9)12(18)19)20-5-8-1-2-8/h3-4,8H,1-2,5-7H2,(H,18,19). The fraction of sp³-hybridized carbons (Fsp3) is 0.538. The molecule has 0 spiro atoms. The molecule has 5 nitrogen and oxygen atoms in total. The second kappa shape index (κ2) is 4.57. The highest BCUT2D eigenvalue weighted by Crippen LogP contribution is 2.34. The molecule has 0 radical (unpaired) electrons. The van der Waals surface area contributed by atoms with Crippen molar-refractivity contribution in [3.05, 3.63) is 17.8 Å². The first kappa shape index (κ1) is 13.1. The third-order valence-corrected chi connectivity index (χ3v) is 3.40. The van der Waals surface area contributed by atoms with Gasteiger partial charge in [0, 0.05) is 6.07 Å². The fourth-order valence-corrected chi connectivity index (χ4v) is 2.10. The van der Waals surface area contributed by atoms with E-state index in [0.29, 0.717) is 12.5 Å². The average Bonchev–Trinajstić information content (AvgIpc) is 3.17. The van der Waals surface area contributed by atoms with Gasteiger partial charge in [0.1, 0.15) is 0 Å². The molecular formula is C13H14F2N2O3. The predicted octanol–water partition coefficient (Wildman–Crippen LogP) is 2.02. The molecule has 2 fully saturated rings. The maximum Gasteiger partial charge on any atom is 0.356 e. The fourth-order valence-electron chi connectivity index (χ4n) is 2.10. The quantitative estimate of drug-likeness (QED) is 0.896. The molecule has 1 aromatic rings. The van der Waals surface area contributed by atoms with Gasteiger partial charge in [-0.1, -0.05) is 0 Å². The summed E-state index contributed by atoms with van der Waals surface area (Å²) in [6.07, 6.45) is 2.24. The number of hydrogen-bond donors (Lipinski definition) is 1. The summed E-state index contributed by atoms with van der Waals surface area (Å²) in [5.74, 6) is -3.24. The van der Waals surface area contributed by atoms with Crippen LogP contribution in [0.2, 0.25) is 0 Å². The van der Waals surface area contributed by atoms with Crippen LogP contribution in [0.15, 0.2) is 12.1 Å². The Bertz CT molecular complexity index is 538. The molecule has 0 aromatic carbocycles. The summed E-state index contributed by atoms with van der Waals surface area (Å²) in [6.45, 7) is -0.429. The summed E-state index contributed by atoms with van der Waals surface area (Å²) < 4.78 is 31.1. The number of rotatable bonds is 5. The number of aromatic nitrogens is 1. The number of halogens is 2. The van der Waals surface area contributed by atoms with Gasteiger partial charge in [0.25, 0.3) is 5.92 Å². The van der Waals surface area contributed by atoms with Gasteiger partial charge in [0.05, 0.1) is 25.4 Å². The number of carbonyl (C=O) groups is 1. The molecule has 20 heavy (non-hydrogen) atoms. The zero-order valence-electron chi connectivity index (χ0n) is 10.7. The smallest absolute Gasteiger partial charge is 0.356 e. The number of nitrogens with zero attached hydrogens (tertiary/aromatic N) is 2. The Labute approximate surface area is 114 Å². The molecule has 0 atom stereocenters. The lowest BCUT2D eigenvalue weighted by Crippen LogP contribution is -2.56. The number of aromatic carboxylic acids is 1. The Morgan fingerprint density at radius 1 is 1.45 bits per heavy atom. The van der Waals surface area contributed by atoms with Crippen molar-refractivity contribution in [1.29, 1.82) is 0 Å². The lowest BCUT2D eigenvalue weighted by Gasteiger charge is -2.40. The maximum atomic E-state index is 12.9.